The van der Waals surface area contributed by atoms with E-state index in [1.807, 2.05) is 6.08 Å². The van der Waals surface area contributed by atoms with Gasteiger partial charge in [-0.1, -0.05) is 134 Å². The van der Waals surface area contributed by atoms with Gasteiger partial charge in [-0.3, -0.25) is 14.4 Å². The highest BCUT2D eigenvalue weighted by molar-refractivity contribution is 5.71. The van der Waals surface area contributed by atoms with Gasteiger partial charge in [-0.15, -0.1) is 6.58 Å². The summed E-state index contributed by atoms with van der Waals surface area (Å²) in [6.07, 6.45) is 40.4. The average molecular weight is 689 g/mol. The molecular weight excluding hydrogens is 612 g/mol. The van der Waals surface area contributed by atoms with Crippen LogP contribution in [-0.2, 0) is 28.6 Å². The molecule has 0 aliphatic heterocycles. The third kappa shape index (κ3) is 36.7. The lowest BCUT2D eigenvalue weighted by Crippen LogP contribution is -2.30. The van der Waals surface area contributed by atoms with Crippen LogP contribution >= 0.6 is 0 Å². The summed E-state index contributed by atoms with van der Waals surface area (Å²) in [5.74, 6) is -0.935. The lowest BCUT2D eigenvalue weighted by atomic mass is 10.1. The van der Waals surface area contributed by atoms with Crippen molar-refractivity contribution in [2.75, 3.05) is 13.2 Å². The maximum Gasteiger partial charge on any atom is 0.306 e. The molecule has 0 spiro atoms. The van der Waals surface area contributed by atoms with Gasteiger partial charge >= 0.3 is 17.9 Å². The normalized spacial score (nSPS) is 12.0. The lowest BCUT2D eigenvalue weighted by molar-refractivity contribution is -0.167. The van der Waals surface area contributed by atoms with Gasteiger partial charge < -0.3 is 14.2 Å². The largest absolute Gasteiger partial charge is 0.462 e. The van der Waals surface area contributed by atoms with Gasteiger partial charge in [0.15, 0.2) is 6.10 Å². The van der Waals surface area contributed by atoms with Gasteiger partial charge in [0.2, 0.25) is 0 Å². The predicted octanol–water partition coefficient (Wildman–Crippen LogP) is 12.6. The van der Waals surface area contributed by atoms with E-state index >= 15 is 0 Å². The second-order valence-electron chi connectivity index (χ2n) is 13.6. The molecule has 0 aromatic carbocycles. The first kappa shape index (κ1) is 46.6. The number of esters is 3. The summed E-state index contributed by atoms with van der Waals surface area (Å²) in [4.78, 5) is 37.3. The molecule has 0 N–H and O–H groups in total. The summed E-state index contributed by atoms with van der Waals surface area (Å²) in [5.41, 5.74) is 0. The van der Waals surface area contributed by atoms with Gasteiger partial charge in [0.1, 0.15) is 13.2 Å². The Hall–Kier alpha value is -2.37. The molecular formula is C43H76O6. The minimum Gasteiger partial charge on any atom is -0.462 e. The van der Waals surface area contributed by atoms with E-state index in [-0.39, 0.29) is 31.1 Å². The van der Waals surface area contributed by atoms with Crippen molar-refractivity contribution in [3.05, 3.63) is 37.0 Å². The monoisotopic (exact) mass is 689 g/mol. The number of rotatable bonds is 37. The van der Waals surface area contributed by atoms with E-state index in [0.29, 0.717) is 19.3 Å². The van der Waals surface area contributed by atoms with Crippen molar-refractivity contribution in [1.29, 1.82) is 0 Å². The number of carbonyl (C=O) groups excluding carboxylic acids is 3. The minimum absolute atomic E-state index is 0.0864. The molecule has 0 saturated carbocycles. The van der Waals surface area contributed by atoms with Crippen LogP contribution in [0.3, 0.4) is 0 Å². The van der Waals surface area contributed by atoms with Gasteiger partial charge in [0.25, 0.3) is 0 Å². The van der Waals surface area contributed by atoms with E-state index in [1.165, 1.54) is 64.2 Å². The molecule has 0 aromatic heterocycles. The van der Waals surface area contributed by atoms with Crippen LogP contribution in [-0.4, -0.2) is 37.2 Å². The van der Waals surface area contributed by atoms with Crippen LogP contribution in [0.2, 0.25) is 0 Å². The fourth-order valence-electron chi connectivity index (χ4n) is 5.65. The Morgan fingerprint density at radius 1 is 0.469 bits per heavy atom. The van der Waals surface area contributed by atoms with E-state index in [2.05, 4.69) is 44.7 Å². The van der Waals surface area contributed by atoms with E-state index < -0.39 is 6.10 Å². The number of carbonyl (C=O) groups is 3. The Labute approximate surface area is 302 Å². The summed E-state index contributed by atoms with van der Waals surface area (Å²) in [7, 11) is 0. The standard InChI is InChI=1S/C43H76O6/c1-4-7-10-13-16-18-19-20-21-22-23-25-28-30-33-36-42(45)48-39-40(49-43(46)37-34-31-26-15-12-9-6-3)38-47-41(44)35-32-29-27-24-17-14-11-8-5-2/h6,8,11,20-21,40H,3-5,7,9-10,12-19,22-39H2,1-2H3. The quantitative estimate of drug-likeness (QED) is 0.0280. The zero-order valence-corrected chi connectivity index (χ0v) is 32.0. The molecule has 6 nitrogen and oxygen atoms in total. The summed E-state index contributed by atoms with van der Waals surface area (Å²) in [6, 6.07) is 0. The summed E-state index contributed by atoms with van der Waals surface area (Å²) < 4.78 is 16.5. The average Bonchev–Trinajstić information content (AvgIpc) is 3.10. The molecule has 0 aliphatic rings. The van der Waals surface area contributed by atoms with Crippen LogP contribution in [0.25, 0.3) is 0 Å². The van der Waals surface area contributed by atoms with Gasteiger partial charge in [-0.2, -0.15) is 0 Å². The van der Waals surface area contributed by atoms with E-state index in [4.69, 9.17) is 14.2 Å². The van der Waals surface area contributed by atoms with Gasteiger partial charge in [-0.25, -0.2) is 0 Å². The fraction of sp³-hybridized carbons (Fsp3) is 0.791. The zero-order chi connectivity index (χ0) is 35.9. The highest BCUT2D eigenvalue weighted by Crippen LogP contribution is 2.13. The molecule has 0 aromatic rings. The van der Waals surface area contributed by atoms with Crippen molar-refractivity contribution in [3.8, 4) is 0 Å². The first-order valence-corrected chi connectivity index (χ1v) is 20.4. The molecule has 0 bridgehead atoms. The number of hydrogen-bond acceptors (Lipinski definition) is 6. The highest BCUT2D eigenvalue weighted by atomic mass is 16.6. The summed E-state index contributed by atoms with van der Waals surface area (Å²) in [6.45, 7) is 7.98. The van der Waals surface area contributed by atoms with E-state index in [9.17, 15) is 14.4 Å². The van der Waals surface area contributed by atoms with Crippen LogP contribution < -0.4 is 0 Å². The van der Waals surface area contributed by atoms with Crippen molar-refractivity contribution >= 4 is 17.9 Å². The number of unbranched alkanes of at least 4 members (excludes halogenated alkanes) is 21. The molecule has 1 unspecified atom stereocenters. The fourth-order valence-corrected chi connectivity index (χ4v) is 5.65. The van der Waals surface area contributed by atoms with Crippen molar-refractivity contribution in [3.63, 3.8) is 0 Å². The second kappa shape index (κ2) is 38.4. The van der Waals surface area contributed by atoms with Crippen molar-refractivity contribution in [2.45, 2.75) is 206 Å². The Bertz CT molecular complexity index is 832. The molecule has 0 rings (SSSR count). The summed E-state index contributed by atoms with van der Waals surface area (Å²) >= 11 is 0. The first-order chi connectivity index (χ1) is 24.0. The van der Waals surface area contributed by atoms with Crippen molar-refractivity contribution in [2.24, 2.45) is 0 Å². The lowest BCUT2D eigenvalue weighted by Gasteiger charge is -2.18. The summed E-state index contributed by atoms with van der Waals surface area (Å²) in [5, 5.41) is 0. The Kier molecular flexibility index (Phi) is 36.6. The number of ether oxygens (including phenoxy) is 3. The van der Waals surface area contributed by atoms with E-state index in [0.717, 1.165) is 103 Å². The smallest absolute Gasteiger partial charge is 0.306 e. The molecule has 0 amide bonds. The second-order valence-corrected chi connectivity index (χ2v) is 13.6. The molecule has 0 heterocycles. The third-order valence-corrected chi connectivity index (χ3v) is 8.74. The molecule has 0 radical (unpaired) electrons. The van der Waals surface area contributed by atoms with Gasteiger partial charge in [-0.05, 0) is 77.0 Å². The molecule has 49 heavy (non-hydrogen) atoms. The van der Waals surface area contributed by atoms with Crippen LogP contribution in [0.1, 0.15) is 200 Å². The molecule has 0 fully saturated rings. The molecule has 0 saturated heterocycles. The van der Waals surface area contributed by atoms with Gasteiger partial charge in [0.05, 0.1) is 0 Å². The zero-order valence-electron chi connectivity index (χ0n) is 32.0. The van der Waals surface area contributed by atoms with E-state index in [1.54, 1.807) is 0 Å². The van der Waals surface area contributed by atoms with Crippen LogP contribution in [0.15, 0.2) is 37.0 Å². The Morgan fingerprint density at radius 3 is 1.27 bits per heavy atom. The molecule has 0 aliphatic carbocycles. The van der Waals surface area contributed by atoms with Crippen LogP contribution in [0.5, 0.6) is 0 Å². The Morgan fingerprint density at radius 2 is 0.837 bits per heavy atom. The third-order valence-electron chi connectivity index (χ3n) is 8.74. The highest BCUT2D eigenvalue weighted by Gasteiger charge is 2.19. The molecule has 284 valence electrons. The minimum atomic E-state index is -0.779. The SMILES string of the molecule is C=CCCCCCCCC(=O)OC(COC(=O)CCCCCCCC=CCC)COC(=O)CCCCCCCC=CCCCCCCCC. The molecule has 1 atom stereocenters. The first-order valence-electron chi connectivity index (χ1n) is 20.4. The van der Waals surface area contributed by atoms with Crippen LogP contribution in [0.4, 0.5) is 0 Å². The van der Waals surface area contributed by atoms with Crippen molar-refractivity contribution < 1.29 is 28.6 Å². The maximum atomic E-state index is 12.5. The molecule has 6 heteroatoms. The Balaban J connectivity index is 4.28. The predicted molar refractivity (Wildman–Crippen MR) is 206 cm³/mol. The number of allylic oxidation sites excluding steroid dienone is 5. The van der Waals surface area contributed by atoms with Gasteiger partial charge in [0, 0.05) is 19.3 Å². The van der Waals surface area contributed by atoms with Crippen molar-refractivity contribution in [1.82, 2.24) is 0 Å². The number of hydrogen-bond donors (Lipinski definition) is 0. The van der Waals surface area contributed by atoms with Crippen LogP contribution in [0, 0.1) is 0 Å². The topological polar surface area (TPSA) is 78.9 Å². The maximum absolute atomic E-state index is 12.5.